The molecule has 0 saturated carbocycles. The predicted octanol–water partition coefficient (Wildman–Crippen LogP) is 2.94. The molecule has 3 rings (SSSR count). The van der Waals surface area contributed by atoms with Crippen LogP contribution in [0.3, 0.4) is 0 Å². The highest BCUT2D eigenvalue weighted by Gasteiger charge is 2.14. The van der Waals surface area contributed by atoms with Crippen LogP contribution in [0.5, 0.6) is 0 Å². The van der Waals surface area contributed by atoms with Crippen LogP contribution in [0, 0.1) is 11.6 Å². The fourth-order valence-corrected chi connectivity index (χ4v) is 3.29. The molecule has 1 N–H and O–H groups in total. The number of thioether (sulfide) groups is 1. The van der Waals surface area contributed by atoms with E-state index in [-0.39, 0.29) is 16.9 Å². The van der Waals surface area contributed by atoms with Crippen molar-refractivity contribution in [2.24, 2.45) is 0 Å². The highest BCUT2D eigenvalue weighted by Crippen LogP contribution is 2.25. The number of aromatic amines is 1. The van der Waals surface area contributed by atoms with Crippen molar-refractivity contribution in [1.29, 1.82) is 0 Å². The number of nitrogens with one attached hydrogen (secondary N) is 1. The van der Waals surface area contributed by atoms with Crippen molar-refractivity contribution in [2.75, 3.05) is 0 Å². The lowest BCUT2D eigenvalue weighted by atomic mass is 10.2. The standard InChI is InChI=1S/C15H14F2N4OS/c1-2-4-9-7-13(22)18-14-19-20-15(21(9)14)23-8-10-11(16)5-3-6-12(10)17/h3,5-7H,2,4,8H2,1H3,(H,18,19,22). The molecule has 120 valence electrons. The van der Waals surface area contributed by atoms with E-state index in [1.54, 1.807) is 4.40 Å². The van der Waals surface area contributed by atoms with Gasteiger partial charge in [0.1, 0.15) is 11.6 Å². The molecule has 3 aromatic rings. The molecule has 0 radical (unpaired) electrons. The van der Waals surface area contributed by atoms with E-state index in [0.29, 0.717) is 17.4 Å². The summed E-state index contributed by atoms with van der Waals surface area (Å²) >= 11 is 1.17. The van der Waals surface area contributed by atoms with Crippen molar-refractivity contribution in [3.8, 4) is 0 Å². The molecule has 5 nitrogen and oxygen atoms in total. The van der Waals surface area contributed by atoms with E-state index in [4.69, 9.17) is 0 Å². The maximum absolute atomic E-state index is 13.7. The first-order valence-electron chi connectivity index (χ1n) is 7.13. The molecule has 23 heavy (non-hydrogen) atoms. The van der Waals surface area contributed by atoms with Crippen LogP contribution >= 0.6 is 11.8 Å². The minimum atomic E-state index is -0.589. The summed E-state index contributed by atoms with van der Waals surface area (Å²) in [5.74, 6) is -0.760. The molecular weight excluding hydrogens is 322 g/mol. The number of benzene rings is 1. The Bertz CT molecular complexity index is 886. The molecule has 0 atom stereocenters. The minimum Gasteiger partial charge on any atom is -0.291 e. The summed E-state index contributed by atoms with van der Waals surface area (Å²) in [6.45, 7) is 2.00. The SMILES string of the molecule is CCCc1cc(=O)[nH]c2nnc(SCc3c(F)cccc3F)n12. The number of hydrogen-bond donors (Lipinski definition) is 1. The van der Waals surface area contributed by atoms with Gasteiger partial charge in [0.05, 0.1) is 0 Å². The van der Waals surface area contributed by atoms with E-state index in [2.05, 4.69) is 15.2 Å². The Morgan fingerprint density at radius 1 is 1.26 bits per heavy atom. The molecule has 8 heteroatoms. The number of hydrogen-bond acceptors (Lipinski definition) is 4. The molecule has 0 spiro atoms. The maximum Gasteiger partial charge on any atom is 0.252 e. The van der Waals surface area contributed by atoms with Crippen LogP contribution in [0.1, 0.15) is 24.6 Å². The number of rotatable bonds is 5. The van der Waals surface area contributed by atoms with Crippen LogP contribution in [-0.2, 0) is 12.2 Å². The summed E-state index contributed by atoms with van der Waals surface area (Å²) in [4.78, 5) is 14.2. The maximum atomic E-state index is 13.7. The molecule has 0 aliphatic heterocycles. The van der Waals surface area contributed by atoms with Gasteiger partial charge in [0.2, 0.25) is 5.78 Å². The van der Waals surface area contributed by atoms with E-state index in [9.17, 15) is 13.6 Å². The zero-order chi connectivity index (χ0) is 16.4. The van der Waals surface area contributed by atoms with Crippen LogP contribution in [0.2, 0.25) is 0 Å². The third-order valence-corrected chi connectivity index (χ3v) is 4.32. The second-order valence-electron chi connectivity index (χ2n) is 5.01. The lowest BCUT2D eigenvalue weighted by Crippen LogP contribution is -2.12. The van der Waals surface area contributed by atoms with Gasteiger partial charge in [-0.05, 0) is 18.6 Å². The van der Waals surface area contributed by atoms with Crippen LogP contribution in [0.4, 0.5) is 8.78 Å². The Hall–Kier alpha value is -2.22. The second kappa shape index (κ2) is 6.49. The minimum absolute atomic E-state index is 0.00397. The molecular formula is C15H14F2N4OS. The molecule has 2 heterocycles. The lowest BCUT2D eigenvalue weighted by Gasteiger charge is -2.07. The monoisotopic (exact) mass is 336 g/mol. The van der Waals surface area contributed by atoms with Gasteiger partial charge < -0.3 is 0 Å². The van der Waals surface area contributed by atoms with Gasteiger partial charge in [-0.2, -0.15) is 0 Å². The fraction of sp³-hybridized carbons (Fsp3) is 0.267. The third-order valence-electron chi connectivity index (χ3n) is 3.37. The Labute approximate surface area is 134 Å². The van der Waals surface area contributed by atoms with Crippen LogP contribution in [0.25, 0.3) is 5.78 Å². The third kappa shape index (κ3) is 3.12. The fourth-order valence-electron chi connectivity index (χ4n) is 2.31. The van der Waals surface area contributed by atoms with Crippen molar-refractivity contribution in [3.05, 3.63) is 57.5 Å². The summed E-state index contributed by atoms with van der Waals surface area (Å²) in [6, 6.07) is 5.27. The Morgan fingerprint density at radius 3 is 2.70 bits per heavy atom. The quantitative estimate of drug-likeness (QED) is 0.728. The van der Waals surface area contributed by atoms with E-state index < -0.39 is 11.6 Å². The van der Waals surface area contributed by atoms with Crippen molar-refractivity contribution in [2.45, 2.75) is 30.7 Å². The topological polar surface area (TPSA) is 63.0 Å². The molecule has 0 bridgehead atoms. The van der Waals surface area contributed by atoms with Gasteiger partial charge in [-0.1, -0.05) is 31.2 Å². The van der Waals surface area contributed by atoms with E-state index in [1.807, 2.05) is 6.92 Å². The average Bonchev–Trinajstić information content (AvgIpc) is 2.90. The van der Waals surface area contributed by atoms with Gasteiger partial charge in [0, 0.05) is 23.1 Å². The number of halogens is 2. The summed E-state index contributed by atoms with van der Waals surface area (Å²) in [5.41, 5.74) is 0.522. The Morgan fingerprint density at radius 2 is 2.00 bits per heavy atom. The average molecular weight is 336 g/mol. The highest BCUT2D eigenvalue weighted by molar-refractivity contribution is 7.98. The Balaban J connectivity index is 1.96. The first-order valence-corrected chi connectivity index (χ1v) is 8.11. The van der Waals surface area contributed by atoms with Gasteiger partial charge in [0.25, 0.3) is 5.56 Å². The van der Waals surface area contributed by atoms with Gasteiger partial charge in [-0.3, -0.25) is 14.2 Å². The summed E-state index contributed by atoms with van der Waals surface area (Å²) < 4.78 is 29.1. The van der Waals surface area contributed by atoms with E-state index in [1.165, 1.54) is 36.0 Å². The van der Waals surface area contributed by atoms with Gasteiger partial charge >= 0.3 is 0 Å². The van der Waals surface area contributed by atoms with Crippen molar-refractivity contribution < 1.29 is 8.78 Å². The van der Waals surface area contributed by atoms with Crippen LogP contribution in [-0.4, -0.2) is 19.6 Å². The van der Waals surface area contributed by atoms with Crippen molar-refractivity contribution in [1.82, 2.24) is 19.6 Å². The van der Waals surface area contributed by atoms with Crippen molar-refractivity contribution >= 4 is 17.5 Å². The number of aromatic nitrogens is 4. The van der Waals surface area contributed by atoms with Crippen LogP contribution < -0.4 is 5.56 Å². The molecule has 0 saturated heterocycles. The van der Waals surface area contributed by atoms with E-state index >= 15 is 0 Å². The number of nitrogens with zero attached hydrogens (tertiary/aromatic N) is 3. The molecule has 0 aliphatic carbocycles. The first-order chi connectivity index (χ1) is 11.1. The zero-order valence-corrected chi connectivity index (χ0v) is 13.2. The number of H-pyrrole nitrogens is 1. The number of fused-ring (bicyclic) bond motifs is 1. The molecule has 1 aromatic carbocycles. The molecule has 0 amide bonds. The second-order valence-corrected chi connectivity index (χ2v) is 5.95. The normalized spacial score (nSPS) is 11.3. The zero-order valence-electron chi connectivity index (χ0n) is 12.3. The van der Waals surface area contributed by atoms with Gasteiger partial charge in [0.15, 0.2) is 5.16 Å². The summed E-state index contributed by atoms with van der Waals surface area (Å²) in [7, 11) is 0. The Kier molecular flexibility index (Phi) is 4.42. The highest BCUT2D eigenvalue weighted by atomic mass is 32.2. The first kappa shape index (κ1) is 15.7. The molecule has 0 unspecified atom stereocenters. The molecule has 0 aliphatic rings. The predicted molar refractivity (Wildman–Crippen MR) is 83.5 cm³/mol. The van der Waals surface area contributed by atoms with E-state index in [0.717, 1.165) is 12.1 Å². The van der Waals surface area contributed by atoms with Crippen molar-refractivity contribution in [3.63, 3.8) is 0 Å². The largest absolute Gasteiger partial charge is 0.291 e. The lowest BCUT2D eigenvalue weighted by molar-refractivity contribution is 0.566. The molecule has 0 fully saturated rings. The van der Waals surface area contributed by atoms with Gasteiger partial charge in [-0.15, -0.1) is 10.2 Å². The molecule has 2 aromatic heterocycles. The van der Waals surface area contributed by atoms with Gasteiger partial charge in [-0.25, -0.2) is 8.78 Å². The van der Waals surface area contributed by atoms with Crippen LogP contribution in [0.15, 0.2) is 34.2 Å². The summed E-state index contributed by atoms with van der Waals surface area (Å²) in [5, 5.41) is 8.43. The number of aryl methyl sites for hydroxylation is 1. The summed E-state index contributed by atoms with van der Waals surface area (Å²) in [6.07, 6.45) is 1.53. The smallest absolute Gasteiger partial charge is 0.252 e.